The highest BCUT2D eigenvalue weighted by atomic mass is 32.2. The number of alkyl halides is 2. The van der Waals surface area contributed by atoms with E-state index in [1.54, 1.807) is 5.01 Å². The lowest BCUT2D eigenvalue weighted by Crippen LogP contribution is -2.66. The monoisotopic (exact) mass is 549 g/mol. The molecule has 4 heterocycles. The summed E-state index contributed by atoms with van der Waals surface area (Å²) in [4.78, 5) is 28.0. The van der Waals surface area contributed by atoms with Crippen LogP contribution in [0.15, 0.2) is 58.4 Å². The first-order chi connectivity index (χ1) is 17.7. The number of hydrogen-bond acceptors (Lipinski definition) is 5. The molecule has 0 aliphatic carbocycles. The van der Waals surface area contributed by atoms with Gasteiger partial charge in [0.25, 0.3) is 11.8 Å². The second-order valence-electron chi connectivity index (χ2n) is 9.17. The van der Waals surface area contributed by atoms with Crippen LogP contribution < -0.4 is 15.0 Å². The van der Waals surface area contributed by atoms with Crippen LogP contribution in [0, 0.1) is 11.6 Å². The van der Waals surface area contributed by atoms with E-state index >= 15 is 4.39 Å². The molecule has 0 N–H and O–H groups in total. The smallest absolute Gasteiger partial charge is 0.278 e. The second-order valence-corrected chi connectivity index (χ2v) is 10.4. The number of rotatable bonds is 2. The first-order valence-electron chi connectivity index (χ1n) is 11.5. The summed E-state index contributed by atoms with van der Waals surface area (Å²) in [6.07, 6.45) is 0.00888. The molecule has 3 atom stereocenters. The van der Waals surface area contributed by atoms with Crippen LogP contribution in [0.3, 0.4) is 0 Å². The highest BCUT2D eigenvalue weighted by Gasteiger charge is 2.51. The van der Waals surface area contributed by atoms with Crippen LogP contribution in [-0.2, 0) is 5.75 Å². The average Bonchev–Trinajstić information content (AvgIpc) is 3.04. The van der Waals surface area contributed by atoms with Crippen LogP contribution in [0.25, 0.3) is 0 Å². The van der Waals surface area contributed by atoms with E-state index in [4.69, 9.17) is 4.52 Å². The molecule has 0 radical (unpaired) electrons. The molecule has 6 rings (SSSR count). The van der Waals surface area contributed by atoms with Crippen LogP contribution >= 0.6 is 21.2 Å². The number of pyridine rings is 1. The summed E-state index contributed by atoms with van der Waals surface area (Å²) < 4.78 is 65.3. The topological polar surface area (TPSA) is 54.8 Å². The quantitative estimate of drug-likeness (QED) is 0.339. The van der Waals surface area contributed by atoms with Gasteiger partial charge in [-0.2, -0.15) is 0 Å². The highest BCUT2D eigenvalue weighted by Crippen LogP contribution is 2.47. The van der Waals surface area contributed by atoms with Gasteiger partial charge < -0.3 is 9.42 Å². The molecule has 37 heavy (non-hydrogen) atoms. The van der Waals surface area contributed by atoms with Crippen molar-refractivity contribution in [2.75, 3.05) is 11.6 Å². The van der Waals surface area contributed by atoms with Gasteiger partial charge in [0.15, 0.2) is 17.3 Å². The van der Waals surface area contributed by atoms with E-state index in [0.717, 1.165) is 21.4 Å². The molecule has 3 aliphatic rings. The van der Waals surface area contributed by atoms with Gasteiger partial charge in [0.05, 0.1) is 22.1 Å². The van der Waals surface area contributed by atoms with Gasteiger partial charge in [-0.25, -0.2) is 17.6 Å². The number of carbonyl (C=O) groups excluding carboxylic acids is 1. The minimum atomic E-state index is -3.12. The molecule has 0 spiro atoms. The summed E-state index contributed by atoms with van der Waals surface area (Å²) in [7, 11) is 1.92. The number of fused-ring (bicyclic) bond motifs is 4. The van der Waals surface area contributed by atoms with Gasteiger partial charge in [-0.3, -0.25) is 19.3 Å². The predicted octanol–water partition coefficient (Wildman–Crippen LogP) is 4.84. The lowest BCUT2D eigenvalue weighted by Gasteiger charge is -2.53. The zero-order valence-electron chi connectivity index (χ0n) is 19.2. The first kappa shape index (κ1) is 24.3. The third kappa shape index (κ3) is 3.74. The van der Waals surface area contributed by atoms with E-state index in [2.05, 4.69) is 0 Å². The number of hydrogen-bond donors (Lipinski definition) is 0. The largest absolute Gasteiger partial charge is 0.474 e. The maximum absolute atomic E-state index is 15.2. The molecule has 1 fully saturated rings. The van der Waals surface area contributed by atoms with Crippen molar-refractivity contribution in [3.8, 4) is 5.75 Å². The molecule has 1 unspecified atom stereocenters. The Labute approximate surface area is 215 Å². The van der Waals surface area contributed by atoms with Crippen molar-refractivity contribution in [2.45, 2.75) is 41.6 Å². The van der Waals surface area contributed by atoms with Crippen molar-refractivity contribution in [1.82, 2.24) is 9.58 Å². The number of aromatic nitrogens is 1. The Morgan fingerprint density at radius 3 is 2.62 bits per heavy atom. The van der Waals surface area contributed by atoms with Crippen LogP contribution in [0.5, 0.6) is 5.75 Å². The molecule has 12 heteroatoms. The van der Waals surface area contributed by atoms with E-state index in [9.17, 15) is 22.8 Å². The van der Waals surface area contributed by atoms with Crippen LogP contribution in [0.2, 0.25) is 0 Å². The van der Waals surface area contributed by atoms with Crippen LogP contribution in [-0.4, -0.2) is 34.1 Å². The van der Waals surface area contributed by atoms with Gasteiger partial charge in [0.1, 0.15) is 6.17 Å². The maximum atomic E-state index is 15.2. The molecular formula is C25H20F4N3O3PS. The Kier molecular flexibility index (Phi) is 5.76. The molecule has 192 valence electrons. The highest BCUT2D eigenvalue weighted by molar-refractivity contribution is 7.98. The van der Waals surface area contributed by atoms with E-state index in [0.29, 0.717) is 5.56 Å². The first-order valence-corrected chi connectivity index (χ1v) is 13.0. The van der Waals surface area contributed by atoms with Crippen molar-refractivity contribution in [1.29, 1.82) is 0 Å². The second kappa shape index (κ2) is 8.77. The number of nitrogens with zero attached hydrogens (tertiary/aromatic N) is 3. The van der Waals surface area contributed by atoms with E-state index in [-0.39, 0.29) is 29.2 Å². The van der Waals surface area contributed by atoms with E-state index < -0.39 is 54.1 Å². The molecule has 0 saturated carbocycles. The Morgan fingerprint density at radius 2 is 1.84 bits per heavy atom. The van der Waals surface area contributed by atoms with Gasteiger partial charge >= 0.3 is 0 Å². The molecule has 6 nitrogen and oxygen atoms in total. The molecule has 2 aromatic carbocycles. The number of piperidine rings is 1. The number of halogens is 4. The van der Waals surface area contributed by atoms with Gasteiger partial charge in [-0.1, -0.05) is 24.3 Å². The standard InChI is InChI=1S/C25H20F4N3O3PS/c26-16-6-5-13-15(20(16)27)11-37-18-4-2-1-3-14(18)21(13)32-19-7-9-25(28,29)12-30(19)24(34)22-23(35-36)17(33)8-10-31(22)32/h1-6,8,10,19,21H,7,9,11-12,36H2/t19-,21+/m1/s1. The molecule has 1 aromatic heterocycles. The minimum absolute atomic E-state index is 0.0772. The van der Waals surface area contributed by atoms with Crippen molar-refractivity contribution in [2.24, 2.45) is 0 Å². The van der Waals surface area contributed by atoms with Crippen LogP contribution in [0.1, 0.15) is 46.1 Å². The molecular weight excluding hydrogens is 529 g/mol. The summed E-state index contributed by atoms with van der Waals surface area (Å²) in [5.74, 6) is -6.00. The summed E-state index contributed by atoms with van der Waals surface area (Å²) in [5.41, 5.74) is 0.529. The SMILES string of the molecule is O=C1c2c(OP)c(=O)ccn2N([C@@H]2c3ccccc3SCc3c2ccc(F)c3F)[C@@H]2CCC(F)(F)CN12. The fraction of sp³-hybridized carbons (Fsp3) is 0.280. The fourth-order valence-corrected chi connectivity index (χ4v) is 6.79. The Bertz CT molecular complexity index is 1500. The molecule has 0 bridgehead atoms. The van der Waals surface area contributed by atoms with Gasteiger partial charge in [-0.15, -0.1) is 11.8 Å². The van der Waals surface area contributed by atoms with E-state index in [1.165, 1.54) is 34.8 Å². The van der Waals surface area contributed by atoms with Crippen molar-refractivity contribution in [3.05, 3.63) is 92.9 Å². The number of thioether (sulfide) groups is 1. The van der Waals surface area contributed by atoms with Crippen molar-refractivity contribution in [3.63, 3.8) is 0 Å². The van der Waals surface area contributed by atoms with Gasteiger partial charge in [-0.05, 0) is 29.7 Å². The molecule has 3 aromatic rings. The third-order valence-corrected chi connectivity index (χ3v) is 8.43. The molecule has 1 amide bonds. The van der Waals surface area contributed by atoms with Gasteiger partial charge in [0.2, 0.25) is 11.2 Å². The minimum Gasteiger partial charge on any atom is -0.474 e. The zero-order valence-corrected chi connectivity index (χ0v) is 21.1. The number of benzene rings is 2. The summed E-state index contributed by atoms with van der Waals surface area (Å²) >= 11 is 1.34. The van der Waals surface area contributed by atoms with Gasteiger partial charge in [0, 0.05) is 34.9 Å². The molecule has 1 saturated heterocycles. The van der Waals surface area contributed by atoms with Crippen molar-refractivity contribution >= 4 is 27.1 Å². The Balaban J connectivity index is 1.67. The predicted molar refractivity (Wildman–Crippen MR) is 132 cm³/mol. The maximum Gasteiger partial charge on any atom is 0.278 e. The summed E-state index contributed by atoms with van der Waals surface area (Å²) in [5, 5.41) is 1.71. The fourth-order valence-electron chi connectivity index (χ4n) is 5.45. The zero-order chi connectivity index (χ0) is 26.1. The normalized spacial score (nSPS) is 21.9. The van der Waals surface area contributed by atoms with Crippen LogP contribution in [0.4, 0.5) is 17.6 Å². The summed E-state index contributed by atoms with van der Waals surface area (Å²) in [6, 6.07) is 10.3. The van der Waals surface area contributed by atoms with Crippen molar-refractivity contribution < 1.29 is 26.9 Å². The molecule has 3 aliphatic heterocycles. The lowest BCUT2D eigenvalue weighted by atomic mass is 9.91. The summed E-state index contributed by atoms with van der Waals surface area (Å²) in [6.45, 7) is -0.847. The number of carbonyl (C=O) groups is 1. The average molecular weight is 549 g/mol. The Hall–Kier alpha value is -3.04. The van der Waals surface area contributed by atoms with E-state index in [1.807, 2.05) is 33.7 Å². The number of amides is 1. The Morgan fingerprint density at radius 1 is 1.05 bits per heavy atom. The third-order valence-electron chi connectivity index (χ3n) is 7.08. The lowest BCUT2D eigenvalue weighted by molar-refractivity contribution is -0.0798.